The van der Waals surface area contributed by atoms with Gasteiger partial charge in [-0.1, -0.05) is 18.9 Å². The van der Waals surface area contributed by atoms with Crippen molar-refractivity contribution in [2.24, 2.45) is 4.99 Å². The molecule has 1 saturated heterocycles. The Balaban J connectivity index is 1.91. The number of benzene rings is 1. The van der Waals surface area contributed by atoms with Crippen LogP contribution < -0.4 is 4.90 Å². The van der Waals surface area contributed by atoms with E-state index in [9.17, 15) is 4.79 Å². The summed E-state index contributed by atoms with van der Waals surface area (Å²) in [5, 5.41) is 0. The van der Waals surface area contributed by atoms with Crippen molar-refractivity contribution in [2.45, 2.75) is 50.5 Å². The Morgan fingerprint density at radius 3 is 2.43 bits per heavy atom. The molecule has 0 amide bonds. The Bertz CT molecular complexity index is 554. The van der Waals surface area contributed by atoms with E-state index in [2.05, 4.69) is 44.0 Å². The summed E-state index contributed by atoms with van der Waals surface area (Å²) >= 11 is 3.72. The number of carbonyl (C=O) groups excluding carboxylic acids is 1. The Kier molecular flexibility index (Phi) is 4.46. The maximum Gasteiger partial charge on any atom is 0.235 e. The molecule has 21 heavy (non-hydrogen) atoms. The number of nitrogens with zero attached hydrogens (tertiary/aromatic N) is 2. The van der Waals surface area contributed by atoms with Gasteiger partial charge in [0.2, 0.25) is 6.08 Å². The van der Waals surface area contributed by atoms with Gasteiger partial charge in [-0.3, -0.25) is 0 Å². The lowest BCUT2D eigenvalue weighted by atomic mass is 9.89. The Labute approximate surface area is 134 Å². The second kappa shape index (κ2) is 6.33. The lowest BCUT2D eigenvalue weighted by Gasteiger charge is -2.31. The molecule has 0 N–H and O–H groups in total. The molecular formula is C17H21BrN2O. The minimum absolute atomic E-state index is 0.329. The first kappa shape index (κ1) is 14.8. The topological polar surface area (TPSA) is 32.7 Å². The molecule has 112 valence electrons. The third-order valence-corrected chi connectivity index (χ3v) is 5.51. The molecule has 0 unspecified atom stereocenters. The average Bonchev–Trinajstić information content (AvgIpc) is 2.98. The summed E-state index contributed by atoms with van der Waals surface area (Å²) in [6, 6.07) is 6.50. The summed E-state index contributed by atoms with van der Waals surface area (Å²) in [6.45, 7) is 2.27. The molecule has 3 nitrogen and oxygen atoms in total. The van der Waals surface area contributed by atoms with Crippen molar-refractivity contribution in [1.29, 1.82) is 0 Å². The highest BCUT2D eigenvalue weighted by atomic mass is 79.9. The zero-order chi connectivity index (χ0) is 14.7. The highest BCUT2D eigenvalue weighted by Crippen LogP contribution is 2.44. The van der Waals surface area contributed by atoms with Crippen molar-refractivity contribution in [3.63, 3.8) is 0 Å². The van der Waals surface area contributed by atoms with Crippen LogP contribution in [0.4, 0.5) is 5.69 Å². The zero-order valence-electron chi connectivity index (χ0n) is 12.3. The predicted octanol–water partition coefficient (Wildman–Crippen LogP) is 4.54. The molecule has 1 aromatic rings. The van der Waals surface area contributed by atoms with E-state index in [4.69, 9.17) is 0 Å². The highest BCUT2D eigenvalue weighted by molar-refractivity contribution is 9.10. The van der Waals surface area contributed by atoms with Gasteiger partial charge in [-0.25, -0.2) is 4.79 Å². The van der Waals surface area contributed by atoms with Crippen LogP contribution in [0.25, 0.3) is 0 Å². The van der Waals surface area contributed by atoms with Gasteiger partial charge in [0.05, 0.1) is 11.2 Å². The molecular weight excluding hydrogens is 328 g/mol. The standard InChI is InChI=1S/C17H21BrN2O/c18-15-12-14(17(19-13-21)8-2-3-9-17)6-7-16(15)20-10-4-1-5-11-20/h6-7,12H,1-5,8-11H2. The minimum Gasteiger partial charge on any atom is -0.371 e. The molecule has 2 aliphatic rings. The van der Waals surface area contributed by atoms with Crippen LogP contribution in [0.2, 0.25) is 0 Å². The van der Waals surface area contributed by atoms with Gasteiger partial charge >= 0.3 is 0 Å². The van der Waals surface area contributed by atoms with E-state index < -0.39 is 0 Å². The highest BCUT2D eigenvalue weighted by Gasteiger charge is 2.36. The molecule has 0 radical (unpaired) electrons. The number of isocyanates is 1. The predicted molar refractivity (Wildman–Crippen MR) is 88.5 cm³/mol. The van der Waals surface area contributed by atoms with Crippen molar-refractivity contribution in [3.8, 4) is 0 Å². The van der Waals surface area contributed by atoms with E-state index in [0.717, 1.165) is 48.8 Å². The van der Waals surface area contributed by atoms with Crippen LogP contribution >= 0.6 is 15.9 Å². The number of rotatable bonds is 3. The molecule has 0 atom stereocenters. The number of hydrogen-bond acceptors (Lipinski definition) is 3. The number of piperidine rings is 1. The molecule has 4 heteroatoms. The normalized spacial score (nSPS) is 21.1. The summed E-state index contributed by atoms with van der Waals surface area (Å²) in [6.07, 6.45) is 9.86. The Morgan fingerprint density at radius 1 is 1.10 bits per heavy atom. The molecule has 3 rings (SSSR count). The minimum atomic E-state index is -0.329. The molecule has 1 heterocycles. The quantitative estimate of drug-likeness (QED) is 0.593. The third kappa shape index (κ3) is 2.93. The van der Waals surface area contributed by atoms with Crippen molar-refractivity contribution in [1.82, 2.24) is 0 Å². The van der Waals surface area contributed by atoms with E-state index >= 15 is 0 Å². The number of aliphatic imine (C=N–C) groups is 1. The molecule has 1 aromatic carbocycles. The van der Waals surface area contributed by atoms with Crippen molar-refractivity contribution < 1.29 is 4.79 Å². The molecule has 2 fully saturated rings. The molecule has 0 bridgehead atoms. The zero-order valence-corrected chi connectivity index (χ0v) is 13.9. The molecule has 1 aliphatic heterocycles. The van der Waals surface area contributed by atoms with E-state index in [1.54, 1.807) is 6.08 Å². The summed E-state index contributed by atoms with van der Waals surface area (Å²) in [5.74, 6) is 0. The molecule has 0 spiro atoms. The summed E-state index contributed by atoms with van der Waals surface area (Å²) in [5.41, 5.74) is 2.09. The van der Waals surface area contributed by atoms with Gasteiger partial charge in [0.1, 0.15) is 0 Å². The van der Waals surface area contributed by atoms with E-state index in [0.29, 0.717) is 0 Å². The van der Waals surface area contributed by atoms with Crippen LogP contribution in [0, 0.1) is 0 Å². The van der Waals surface area contributed by atoms with Crippen LogP contribution in [-0.2, 0) is 10.3 Å². The van der Waals surface area contributed by atoms with Gasteiger partial charge in [0, 0.05) is 17.6 Å². The van der Waals surface area contributed by atoms with Gasteiger partial charge in [-0.15, -0.1) is 0 Å². The van der Waals surface area contributed by atoms with Crippen molar-refractivity contribution in [3.05, 3.63) is 28.2 Å². The third-order valence-electron chi connectivity index (χ3n) is 4.87. The van der Waals surface area contributed by atoms with E-state index in [1.807, 2.05) is 0 Å². The monoisotopic (exact) mass is 348 g/mol. The van der Waals surface area contributed by atoms with E-state index in [-0.39, 0.29) is 5.54 Å². The van der Waals surface area contributed by atoms with Crippen LogP contribution in [0.3, 0.4) is 0 Å². The number of hydrogen-bond donors (Lipinski definition) is 0. The fraction of sp³-hybridized carbons (Fsp3) is 0.588. The van der Waals surface area contributed by atoms with Gasteiger partial charge in [-0.05, 0) is 65.7 Å². The average molecular weight is 349 g/mol. The summed E-state index contributed by atoms with van der Waals surface area (Å²) < 4.78 is 1.12. The van der Waals surface area contributed by atoms with Gasteiger partial charge in [-0.2, -0.15) is 4.99 Å². The summed E-state index contributed by atoms with van der Waals surface area (Å²) in [4.78, 5) is 17.4. The van der Waals surface area contributed by atoms with Gasteiger partial charge in [0.15, 0.2) is 0 Å². The fourth-order valence-corrected chi connectivity index (χ4v) is 4.33. The number of anilines is 1. The first-order valence-electron chi connectivity index (χ1n) is 7.89. The molecule has 1 saturated carbocycles. The van der Waals surface area contributed by atoms with Crippen molar-refractivity contribution >= 4 is 27.7 Å². The summed E-state index contributed by atoms with van der Waals surface area (Å²) in [7, 11) is 0. The first-order chi connectivity index (χ1) is 10.2. The fourth-order valence-electron chi connectivity index (χ4n) is 3.70. The SMILES string of the molecule is O=C=NC1(c2ccc(N3CCCCC3)c(Br)c2)CCCC1. The van der Waals surface area contributed by atoms with Crippen molar-refractivity contribution in [2.75, 3.05) is 18.0 Å². The molecule has 1 aliphatic carbocycles. The Morgan fingerprint density at radius 2 is 1.81 bits per heavy atom. The van der Waals surface area contributed by atoms with Crippen LogP contribution in [0.5, 0.6) is 0 Å². The maximum absolute atomic E-state index is 10.8. The van der Waals surface area contributed by atoms with Crippen LogP contribution in [0.15, 0.2) is 27.7 Å². The second-order valence-electron chi connectivity index (χ2n) is 6.16. The van der Waals surface area contributed by atoms with Gasteiger partial charge in [0.25, 0.3) is 0 Å². The lowest BCUT2D eigenvalue weighted by Crippen LogP contribution is -2.29. The number of halogens is 1. The van der Waals surface area contributed by atoms with Gasteiger partial charge < -0.3 is 4.90 Å². The molecule has 0 aromatic heterocycles. The Hall–Kier alpha value is -1.12. The second-order valence-corrected chi connectivity index (χ2v) is 7.01. The maximum atomic E-state index is 10.8. The largest absolute Gasteiger partial charge is 0.371 e. The van der Waals surface area contributed by atoms with E-state index in [1.165, 1.54) is 24.9 Å². The smallest absolute Gasteiger partial charge is 0.235 e. The first-order valence-corrected chi connectivity index (χ1v) is 8.68. The van der Waals surface area contributed by atoms with Crippen LogP contribution in [0.1, 0.15) is 50.5 Å². The van der Waals surface area contributed by atoms with Crippen LogP contribution in [-0.4, -0.2) is 19.2 Å². The lowest BCUT2D eigenvalue weighted by molar-refractivity contribution is 0.455.